The van der Waals surface area contributed by atoms with E-state index in [2.05, 4.69) is 13.8 Å². The summed E-state index contributed by atoms with van der Waals surface area (Å²) in [5, 5.41) is 0. The van der Waals surface area contributed by atoms with Crippen molar-refractivity contribution in [2.75, 3.05) is 0 Å². The molecule has 1 aromatic rings. The SMILES string of the molecule is CCCC1=COC(C2CCC(c3cc4c(c(F)c3F)OC(CCC)CC4)CC2)CC1. The van der Waals surface area contributed by atoms with Gasteiger partial charge in [-0.3, -0.25) is 0 Å². The Hall–Kier alpha value is -1.58. The van der Waals surface area contributed by atoms with E-state index >= 15 is 0 Å². The van der Waals surface area contributed by atoms with E-state index in [4.69, 9.17) is 9.47 Å². The lowest BCUT2D eigenvalue weighted by Gasteiger charge is -2.36. The Labute approximate surface area is 180 Å². The summed E-state index contributed by atoms with van der Waals surface area (Å²) in [5.41, 5.74) is 2.84. The van der Waals surface area contributed by atoms with Crippen molar-refractivity contribution in [3.05, 3.63) is 40.7 Å². The zero-order chi connectivity index (χ0) is 21.1. The predicted molar refractivity (Wildman–Crippen MR) is 116 cm³/mol. The molecule has 30 heavy (non-hydrogen) atoms. The molecule has 0 radical (unpaired) electrons. The summed E-state index contributed by atoms with van der Waals surface area (Å²) in [6.07, 6.45) is 14.3. The number of hydrogen-bond donors (Lipinski definition) is 0. The summed E-state index contributed by atoms with van der Waals surface area (Å²) < 4.78 is 41.7. The predicted octanol–water partition coefficient (Wildman–Crippen LogP) is 7.60. The van der Waals surface area contributed by atoms with Crippen LogP contribution in [0, 0.1) is 17.6 Å². The molecule has 2 heterocycles. The molecule has 0 N–H and O–H groups in total. The van der Waals surface area contributed by atoms with Crippen LogP contribution in [0.25, 0.3) is 0 Å². The molecule has 2 nitrogen and oxygen atoms in total. The van der Waals surface area contributed by atoms with Gasteiger partial charge in [0.15, 0.2) is 11.6 Å². The van der Waals surface area contributed by atoms with Gasteiger partial charge in [0.25, 0.3) is 0 Å². The van der Waals surface area contributed by atoms with E-state index in [1.165, 1.54) is 5.57 Å². The molecule has 0 bridgehead atoms. The highest BCUT2D eigenvalue weighted by atomic mass is 19.2. The lowest BCUT2D eigenvalue weighted by Crippen LogP contribution is -2.29. The summed E-state index contributed by atoms with van der Waals surface area (Å²) >= 11 is 0. The topological polar surface area (TPSA) is 18.5 Å². The van der Waals surface area contributed by atoms with Gasteiger partial charge in [-0.1, -0.05) is 26.7 Å². The number of allylic oxidation sites excluding steroid dienone is 1. The molecule has 0 saturated heterocycles. The molecule has 1 aromatic carbocycles. The van der Waals surface area contributed by atoms with Gasteiger partial charge in [-0.25, -0.2) is 4.39 Å². The molecule has 2 unspecified atom stereocenters. The average Bonchev–Trinajstić information content (AvgIpc) is 2.78. The fourth-order valence-corrected chi connectivity index (χ4v) is 5.65. The third kappa shape index (κ3) is 4.53. The van der Waals surface area contributed by atoms with Crippen LogP contribution in [0.1, 0.15) is 102 Å². The maximum atomic E-state index is 15.0. The molecule has 0 spiro atoms. The quantitative estimate of drug-likeness (QED) is 0.474. The van der Waals surface area contributed by atoms with Gasteiger partial charge in [-0.15, -0.1) is 0 Å². The van der Waals surface area contributed by atoms with Crippen molar-refractivity contribution in [2.45, 2.75) is 109 Å². The number of hydrogen-bond acceptors (Lipinski definition) is 2. The number of benzene rings is 1. The van der Waals surface area contributed by atoms with Crippen LogP contribution >= 0.6 is 0 Å². The Morgan fingerprint density at radius 3 is 2.40 bits per heavy atom. The fraction of sp³-hybridized carbons (Fsp3) is 0.692. The highest BCUT2D eigenvalue weighted by molar-refractivity contribution is 5.43. The first-order valence-corrected chi connectivity index (χ1v) is 12.1. The van der Waals surface area contributed by atoms with Crippen LogP contribution in [0.15, 0.2) is 17.9 Å². The Kier molecular flexibility index (Phi) is 7.00. The van der Waals surface area contributed by atoms with Gasteiger partial charge < -0.3 is 9.47 Å². The molecule has 1 fully saturated rings. The van der Waals surface area contributed by atoms with Gasteiger partial charge in [0.05, 0.1) is 12.4 Å². The monoisotopic (exact) mass is 418 g/mol. The highest BCUT2D eigenvalue weighted by Crippen LogP contribution is 2.43. The van der Waals surface area contributed by atoms with Crippen LogP contribution in [0.2, 0.25) is 0 Å². The summed E-state index contributed by atoms with van der Waals surface area (Å²) in [5.74, 6) is -0.654. The number of fused-ring (bicyclic) bond motifs is 1. The van der Waals surface area contributed by atoms with Crippen molar-refractivity contribution in [2.24, 2.45) is 5.92 Å². The lowest BCUT2D eigenvalue weighted by atomic mass is 9.75. The maximum Gasteiger partial charge on any atom is 0.201 e. The van der Waals surface area contributed by atoms with E-state index in [0.29, 0.717) is 17.6 Å². The molecule has 4 heteroatoms. The van der Waals surface area contributed by atoms with Crippen LogP contribution in [-0.4, -0.2) is 12.2 Å². The minimum Gasteiger partial charge on any atom is -0.498 e. The second-order valence-corrected chi connectivity index (χ2v) is 9.50. The minimum atomic E-state index is -0.769. The zero-order valence-corrected chi connectivity index (χ0v) is 18.5. The molecule has 166 valence electrons. The van der Waals surface area contributed by atoms with Gasteiger partial charge in [0.1, 0.15) is 6.10 Å². The number of rotatable bonds is 6. The minimum absolute atomic E-state index is 0.0140. The Balaban J connectivity index is 1.40. The van der Waals surface area contributed by atoms with E-state index in [1.54, 1.807) is 0 Å². The van der Waals surface area contributed by atoms with E-state index < -0.39 is 11.6 Å². The molecule has 2 atom stereocenters. The van der Waals surface area contributed by atoms with Crippen LogP contribution in [0.3, 0.4) is 0 Å². The second kappa shape index (κ2) is 9.70. The van der Waals surface area contributed by atoms with Crippen molar-refractivity contribution < 1.29 is 18.3 Å². The van der Waals surface area contributed by atoms with Crippen LogP contribution in [0.5, 0.6) is 5.75 Å². The van der Waals surface area contributed by atoms with Crippen molar-refractivity contribution in [3.63, 3.8) is 0 Å². The third-order valence-electron chi connectivity index (χ3n) is 7.37. The van der Waals surface area contributed by atoms with Crippen molar-refractivity contribution >= 4 is 0 Å². The fourth-order valence-electron chi connectivity index (χ4n) is 5.65. The van der Waals surface area contributed by atoms with E-state index in [-0.39, 0.29) is 17.8 Å². The lowest BCUT2D eigenvalue weighted by molar-refractivity contribution is 0.0444. The van der Waals surface area contributed by atoms with E-state index in [0.717, 1.165) is 82.6 Å². The molecule has 4 rings (SSSR count). The van der Waals surface area contributed by atoms with Gasteiger partial charge in [0, 0.05) is 0 Å². The largest absolute Gasteiger partial charge is 0.498 e. The van der Waals surface area contributed by atoms with Gasteiger partial charge in [0.2, 0.25) is 5.82 Å². The van der Waals surface area contributed by atoms with E-state index in [1.807, 2.05) is 12.3 Å². The van der Waals surface area contributed by atoms with Crippen molar-refractivity contribution in [1.82, 2.24) is 0 Å². The molecule has 0 aromatic heterocycles. The summed E-state index contributed by atoms with van der Waals surface area (Å²) in [4.78, 5) is 0. The Morgan fingerprint density at radius 2 is 1.73 bits per heavy atom. The molecule has 0 amide bonds. The first-order chi connectivity index (χ1) is 14.6. The summed E-state index contributed by atoms with van der Waals surface area (Å²) in [6, 6.07) is 1.90. The molecular formula is C26H36F2O2. The van der Waals surface area contributed by atoms with Crippen LogP contribution < -0.4 is 4.74 Å². The van der Waals surface area contributed by atoms with Gasteiger partial charge in [-0.05, 0) is 98.8 Å². The van der Waals surface area contributed by atoms with Crippen molar-refractivity contribution in [3.8, 4) is 5.75 Å². The molecule has 2 aliphatic heterocycles. The number of aryl methyl sites for hydroxylation is 1. The van der Waals surface area contributed by atoms with Gasteiger partial charge in [-0.2, -0.15) is 4.39 Å². The Bertz CT molecular complexity index is 765. The third-order valence-corrected chi connectivity index (χ3v) is 7.37. The standard InChI is InChI=1S/C26H36F2O2/c1-3-5-17-7-14-23(29-16-17)19-10-8-18(9-11-19)22-15-20-12-13-21(6-4-2)30-26(20)25(28)24(22)27/h15-16,18-19,21,23H,3-14H2,1-2H3. The Morgan fingerprint density at radius 1 is 0.933 bits per heavy atom. The van der Waals surface area contributed by atoms with E-state index in [9.17, 15) is 8.78 Å². The zero-order valence-electron chi connectivity index (χ0n) is 18.5. The summed E-state index contributed by atoms with van der Waals surface area (Å²) in [6.45, 7) is 4.29. The molecule has 1 saturated carbocycles. The molecular weight excluding hydrogens is 382 g/mol. The molecule has 1 aliphatic carbocycles. The smallest absolute Gasteiger partial charge is 0.201 e. The first kappa shape index (κ1) is 21.6. The first-order valence-electron chi connectivity index (χ1n) is 12.1. The second-order valence-electron chi connectivity index (χ2n) is 9.50. The summed E-state index contributed by atoms with van der Waals surface area (Å²) in [7, 11) is 0. The van der Waals surface area contributed by atoms with Crippen LogP contribution in [-0.2, 0) is 11.2 Å². The van der Waals surface area contributed by atoms with Crippen LogP contribution in [0.4, 0.5) is 8.78 Å². The molecule has 3 aliphatic rings. The van der Waals surface area contributed by atoms with Gasteiger partial charge >= 0.3 is 0 Å². The average molecular weight is 419 g/mol. The maximum absolute atomic E-state index is 15.0. The normalized spacial score (nSPS) is 28.9. The highest BCUT2D eigenvalue weighted by Gasteiger charge is 2.34. The number of halogens is 2. The number of ether oxygens (including phenoxy) is 2. The van der Waals surface area contributed by atoms with Crippen molar-refractivity contribution in [1.29, 1.82) is 0 Å².